The molecule has 0 bridgehead atoms. The van der Waals surface area contributed by atoms with Crippen molar-refractivity contribution >= 4 is 28.6 Å². The maximum atomic E-state index is 12.5. The number of carbonyl (C=O) groups is 1. The minimum atomic E-state index is -0.0113. The number of nitrogens with one attached hydrogen (secondary N) is 1. The predicted octanol–water partition coefficient (Wildman–Crippen LogP) is 4.33. The Labute approximate surface area is 152 Å². The third kappa shape index (κ3) is 4.04. The molecule has 0 saturated carbocycles. The van der Waals surface area contributed by atoms with Crippen LogP contribution in [0, 0.1) is 6.92 Å². The van der Waals surface area contributed by atoms with Crippen LogP contribution in [0.2, 0.25) is 0 Å². The Kier molecular flexibility index (Phi) is 5.43. The second kappa shape index (κ2) is 7.74. The summed E-state index contributed by atoms with van der Waals surface area (Å²) in [7, 11) is 0. The van der Waals surface area contributed by atoms with Crippen LogP contribution in [0.1, 0.15) is 31.0 Å². The van der Waals surface area contributed by atoms with Crippen LogP contribution in [0.5, 0.6) is 0 Å². The lowest BCUT2D eigenvalue weighted by atomic mass is 10.1. The highest BCUT2D eigenvalue weighted by atomic mass is 32.2. The van der Waals surface area contributed by atoms with E-state index in [1.54, 1.807) is 11.8 Å². The van der Waals surface area contributed by atoms with Crippen molar-refractivity contribution in [2.45, 2.75) is 38.4 Å². The van der Waals surface area contributed by atoms with E-state index in [2.05, 4.69) is 48.4 Å². The third-order valence-corrected chi connectivity index (χ3v) is 5.10. The Morgan fingerprint density at radius 3 is 2.72 bits per heavy atom. The van der Waals surface area contributed by atoms with E-state index in [0.29, 0.717) is 6.54 Å². The highest BCUT2D eigenvalue weighted by molar-refractivity contribution is 7.99. The molecule has 1 atom stereocenters. The Balaban J connectivity index is 1.71. The molecule has 1 unspecified atom stereocenters. The van der Waals surface area contributed by atoms with Crippen molar-refractivity contribution in [1.82, 2.24) is 14.9 Å². The lowest BCUT2D eigenvalue weighted by Gasteiger charge is -2.15. The molecule has 3 aromatic rings. The lowest BCUT2D eigenvalue weighted by Crippen LogP contribution is -2.29. The first-order valence-corrected chi connectivity index (χ1v) is 9.49. The molecule has 0 spiro atoms. The predicted molar refractivity (Wildman–Crippen MR) is 104 cm³/mol. The molecule has 1 amide bonds. The van der Waals surface area contributed by atoms with Crippen molar-refractivity contribution in [2.75, 3.05) is 5.75 Å². The van der Waals surface area contributed by atoms with Crippen molar-refractivity contribution in [2.24, 2.45) is 0 Å². The molecule has 2 aromatic heterocycles. The third-order valence-electron chi connectivity index (χ3n) is 4.21. The first-order valence-electron chi connectivity index (χ1n) is 8.51. The van der Waals surface area contributed by atoms with E-state index in [1.807, 2.05) is 36.0 Å². The molecule has 0 aliphatic rings. The summed E-state index contributed by atoms with van der Waals surface area (Å²) in [6.07, 6.45) is 3.77. The lowest BCUT2D eigenvalue weighted by molar-refractivity contribution is -0.122. The van der Waals surface area contributed by atoms with Crippen LogP contribution in [0.3, 0.4) is 0 Å². The second-order valence-corrected chi connectivity index (χ2v) is 7.38. The quantitative estimate of drug-likeness (QED) is 0.671. The Bertz CT molecular complexity index is 870. The van der Waals surface area contributed by atoms with Gasteiger partial charge in [-0.25, -0.2) is 4.98 Å². The van der Waals surface area contributed by atoms with Gasteiger partial charge >= 0.3 is 0 Å². The van der Waals surface area contributed by atoms with Crippen molar-refractivity contribution < 1.29 is 4.79 Å². The van der Waals surface area contributed by atoms with Gasteiger partial charge in [-0.1, -0.05) is 36.8 Å². The van der Waals surface area contributed by atoms with Gasteiger partial charge < -0.3 is 9.88 Å². The number of amides is 1. The molecule has 0 aliphatic heterocycles. The second-order valence-electron chi connectivity index (χ2n) is 6.13. The van der Waals surface area contributed by atoms with E-state index in [-0.39, 0.29) is 11.9 Å². The molecule has 1 aromatic carbocycles. The van der Waals surface area contributed by atoms with E-state index in [0.717, 1.165) is 27.2 Å². The molecule has 0 fully saturated rings. The normalized spacial score (nSPS) is 12.3. The summed E-state index contributed by atoms with van der Waals surface area (Å²) in [5, 5.41) is 5.20. The fourth-order valence-electron chi connectivity index (χ4n) is 2.87. The fraction of sp³-hybridized carbons (Fsp3) is 0.300. The standard InChI is InChI=1S/C20H23N3OS/c1-4-25-20-17-10-12-23(18(17)9-11-21-20)13-19(24)22-15(3)16-7-5-14(2)6-8-16/h5-12,15H,4,13H2,1-3H3,(H,22,24). The van der Waals surface area contributed by atoms with Gasteiger partial charge in [0.2, 0.25) is 5.91 Å². The average Bonchev–Trinajstić information content (AvgIpc) is 2.99. The molecule has 0 aliphatic carbocycles. The van der Waals surface area contributed by atoms with E-state index in [1.165, 1.54) is 5.56 Å². The molecule has 25 heavy (non-hydrogen) atoms. The highest BCUT2D eigenvalue weighted by Gasteiger charge is 2.12. The van der Waals surface area contributed by atoms with Crippen molar-refractivity contribution in [1.29, 1.82) is 0 Å². The van der Waals surface area contributed by atoms with Crippen LogP contribution in [0.25, 0.3) is 10.9 Å². The van der Waals surface area contributed by atoms with Crippen LogP contribution >= 0.6 is 11.8 Å². The number of thioether (sulfide) groups is 1. The van der Waals surface area contributed by atoms with Gasteiger partial charge in [0.25, 0.3) is 0 Å². The summed E-state index contributed by atoms with van der Waals surface area (Å²) >= 11 is 1.72. The van der Waals surface area contributed by atoms with Gasteiger partial charge in [0.1, 0.15) is 11.6 Å². The maximum absolute atomic E-state index is 12.5. The number of aromatic nitrogens is 2. The fourth-order valence-corrected chi connectivity index (χ4v) is 3.60. The number of hydrogen-bond acceptors (Lipinski definition) is 3. The molecule has 3 rings (SSSR count). The number of carbonyl (C=O) groups excluding carboxylic acids is 1. The van der Waals surface area contributed by atoms with Crippen molar-refractivity contribution in [3.8, 4) is 0 Å². The minimum Gasteiger partial charge on any atom is -0.348 e. The summed E-state index contributed by atoms with van der Waals surface area (Å²) in [5.41, 5.74) is 3.38. The average molecular weight is 353 g/mol. The van der Waals surface area contributed by atoms with Crippen LogP contribution in [-0.2, 0) is 11.3 Å². The number of fused-ring (bicyclic) bond motifs is 1. The summed E-state index contributed by atoms with van der Waals surface area (Å²) in [6, 6.07) is 12.2. The summed E-state index contributed by atoms with van der Waals surface area (Å²) in [6.45, 7) is 6.49. The molecule has 2 heterocycles. The summed E-state index contributed by atoms with van der Waals surface area (Å²) in [5.74, 6) is 0.985. The Morgan fingerprint density at radius 2 is 2.00 bits per heavy atom. The first kappa shape index (κ1) is 17.5. The van der Waals surface area contributed by atoms with E-state index < -0.39 is 0 Å². The topological polar surface area (TPSA) is 46.9 Å². The van der Waals surface area contributed by atoms with Crippen LogP contribution in [0.15, 0.2) is 53.8 Å². The molecule has 4 nitrogen and oxygen atoms in total. The van der Waals surface area contributed by atoms with Gasteiger partial charge in [-0.2, -0.15) is 0 Å². The highest BCUT2D eigenvalue weighted by Crippen LogP contribution is 2.26. The van der Waals surface area contributed by atoms with Gasteiger partial charge in [0.15, 0.2) is 0 Å². The van der Waals surface area contributed by atoms with Crippen LogP contribution in [0.4, 0.5) is 0 Å². The molecular formula is C20H23N3OS. The van der Waals surface area contributed by atoms with Crippen molar-refractivity contribution in [3.05, 3.63) is 59.9 Å². The van der Waals surface area contributed by atoms with Gasteiger partial charge in [-0.3, -0.25) is 4.79 Å². The van der Waals surface area contributed by atoms with Gasteiger partial charge in [-0.05, 0) is 37.3 Å². The largest absolute Gasteiger partial charge is 0.348 e. The first-order chi connectivity index (χ1) is 12.1. The summed E-state index contributed by atoms with van der Waals surface area (Å²) < 4.78 is 1.98. The van der Waals surface area contributed by atoms with Gasteiger partial charge in [0, 0.05) is 17.8 Å². The number of benzene rings is 1. The maximum Gasteiger partial charge on any atom is 0.240 e. The van der Waals surface area contributed by atoms with E-state index >= 15 is 0 Å². The van der Waals surface area contributed by atoms with Crippen LogP contribution in [-0.4, -0.2) is 21.2 Å². The number of aryl methyl sites for hydroxylation is 1. The minimum absolute atomic E-state index is 0.00656. The molecule has 5 heteroatoms. The zero-order valence-electron chi connectivity index (χ0n) is 14.8. The van der Waals surface area contributed by atoms with Crippen LogP contribution < -0.4 is 5.32 Å². The zero-order valence-corrected chi connectivity index (χ0v) is 15.6. The molecule has 0 radical (unpaired) electrons. The molecule has 130 valence electrons. The van der Waals surface area contributed by atoms with E-state index in [9.17, 15) is 4.79 Å². The monoisotopic (exact) mass is 353 g/mol. The zero-order chi connectivity index (χ0) is 17.8. The number of rotatable bonds is 6. The SMILES string of the molecule is CCSc1nccc2c1ccn2CC(=O)NC(C)c1ccc(C)cc1. The van der Waals surface area contributed by atoms with Crippen molar-refractivity contribution in [3.63, 3.8) is 0 Å². The molecular weight excluding hydrogens is 330 g/mol. The smallest absolute Gasteiger partial charge is 0.240 e. The van der Waals surface area contributed by atoms with E-state index in [4.69, 9.17) is 0 Å². The number of hydrogen-bond donors (Lipinski definition) is 1. The van der Waals surface area contributed by atoms with Gasteiger partial charge in [-0.15, -0.1) is 11.8 Å². The molecule has 0 saturated heterocycles. The Hall–Kier alpha value is -2.27. The Morgan fingerprint density at radius 1 is 1.24 bits per heavy atom. The number of nitrogens with zero attached hydrogens (tertiary/aromatic N) is 2. The van der Waals surface area contributed by atoms with Gasteiger partial charge in [0.05, 0.1) is 11.6 Å². The summed E-state index contributed by atoms with van der Waals surface area (Å²) in [4.78, 5) is 16.9. The number of pyridine rings is 1. The molecule has 1 N–H and O–H groups in total.